The van der Waals surface area contributed by atoms with Crippen molar-refractivity contribution in [3.8, 4) is 33.4 Å². The van der Waals surface area contributed by atoms with Gasteiger partial charge in [0.1, 0.15) is 0 Å². The maximum absolute atomic E-state index is 9.48. The Hall–Kier alpha value is -5.49. The number of benzene rings is 6. The van der Waals surface area contributed by atoms with Gasteiger partial charge in [-0.05, 0) is 50.5 Å². The average molecular weight is 583 g/mol. The fraction of sp³-hybridized carbons (Fsp3) is 0.0250. The Morgan fingerprint density at radius 1 is 0.444 bits per heavy atom. The fourth-order valence-electron chi connectivity index (χ4n) is 5.88. The highest BCUT2D eigenvalue weighted by molar-refractivity contribution is 6.58. The Bertz CT molecular complexity index is 1950. The molecule has 0 fully saturated rings. The number of rotatable bonds is 7. The van der Waals surface area contributed by atoms with Gasteiger partial charge >= 0.3 is 7.12 Å². The molecule has 0 radical (unpaired) electrons. The van der Waals surface area contributed by atoms with Crippen LogP contribution in [0.4, 0.5) is 0 Å². The standard InChI is InChI=1S/C40H31BN2O2/c44-41(45)38-25-19-34(20-26-38)33-17-23-37(24-18-33)40(36-21-15-32(16-22-36)30-9-5-2-6-10-30)42-28-27-39(43-40)35-13-11-31(12-14-35)29-7-3-1-4-8-29/h1-28,43-45H. The van der Waals surface area contributed by atoms with Gasteiger partial charge in [-0.2, -0.15) is 0 Å². The molecule has 45 heavy (non-hydrogen) atoms. The maximum Gasteiger partial charge on any atom is 0.488 e. The van der Waals surface area contributed by atoms with Crippen LogP contribution >= 0.6 is 0 Å². The molecule has 0 aromatic heterocycles. The highest BCUT2D eigenvalue weighted by Gasteiger charge is 2.36. The van der Waals surface area contributed by atoms with Gasteiger partial charge in [0.25, 0.3) is 0 Å². The van der Waals surface area contributed by atoms with Crippen molar-refractivity contribution in [1.29, 1.82) is 0 Å². The van der Waals surface area contributed by atoms with E-state index in [0.29, 0.717) is 5.46 Å². The molecule has 0 aliphatic carbocycles. The quantitative estimate of drug-likeness (QED) is 0.173. The summed E-state index contributed by atoms with van der Waals surface area (Å²) in [5.41, 5.74) is 10.4. The highest BCUT2D eigenvalue weighted by atomic mass is 16.4. The Kier molecular flexibility index (Phi) is 7.70. The SMILES string of the molecule is OB(O)c1ccc(-c2ccc(C3(c4ccc(-c5ccccc5)cc4)N=CC=C(c4ccc(-c5ccccc5)cc4)N3)cc2)cc1. The van der Waals surface area contributed by atoms with Crippen LogP contribution in [0.25, 0.3) is 39.1 Å². The monoisotopic (exact) mass is 582 g/mol. The summed E-state index contributed by atoms with van der Waals surface area (Å²) in [5.74, 6) is 0. The molecule has 1 aliphatic rings. The number of allylic oxidation sites excluding steroid dienone is 1. The third kappa shape index (κ3) is 5.75. The van der Waals surface area contributed by atoms with E-state index in [1.54, 1.807) is 12.1 Å². The highest BCUT2D eigenvalue weighted by Crippen LogP contribution is 2.38. The van der Waals surface area contributed by atoms with Crippen LogP contribution in [0, 0.1) is 0 Å². The van der Waals surface area contributed by atoms with Crippen molar-refractivity contribution < 1.29 is 10.0 Å². The van der Waals surface area contributed by atoms with E-state index in [1.807, 2.05) is 36.6 Å². The van der Waals surface area contributed by atoms with E-state index in [0.717, 1.165) is 39.1 Å². The summed E-state index contributed by atoms with van der Waals surface area (Å²) < 4.78 is 0. The predicted molar refractivity (Wildman–Crippen MR) is 186 cm³/mol. The summed E-state index contributed by atoms with van der Waals surface area (Å²) in [4.78, 5) is 5.11. The smallest absolute Gasteiger partial charge is 0.423 e. The third-order valence-electron chi connectivity index (χ3n) is 8.38. The maximum atomic E-state index is 9.48. The number of hydrogen-bond acceptors (Lipinski definition) is 4. The number of aliphatic imine (C=N–C) groups is 1. The number of nitrogens with one attached hydrogen (secondary N) is 1. The largest absolute Gasteiger partial charge is 0.488 e. The minimum absolute atomic E-state index is 0.463. The van der Waals surface area contributed by atoms with E-state index in [9.17, 15) is 10.0 Å². The van der Waals surface area contributed by atoms with Gasteiger partial charge in [-0.25, -0.2) is 0 Å². The Labute approximate surface area is 263 Å². The van der Waals surface area contributed by atoms with Crippen molar-refractivity contribution in [2.24, 2.45) is 4.99 Å². The van der Waals surface area contributed by atoms with Crippen LogP contribution in [-0.4, -0.2) is 23.4 Å². The van der Waals surface area contributed by atoms with Gasteiger partial charge in [-0.1, -0.05) is 158 Å². The molecule has 4 nitrogen and oxygen atoms in total. The van der Waals surface area contributed by atoms with Crippen molar-refractivity contribution >= 4 is 24.5 Å². The van der Waals surface area contributed by atoms with Crippen LogP contribution < -0.4 is 10.8 Å². The molecule has 0 amide bonds. The van der Waals surface area contributed by atoms with Crippen LogP contribution in [0.2, 0.25) is 0 Å². The summed E-state index contributed by atoms with van der Waals surface area (Å²) in [6.07, 6.45) is 3.93. The molecule has 1 aliphatic heterocycles. The van der Waals surface area contributed by atoms with Gasteiger partial charge in [0.05, 0.1) is 0 Å². The molecule has 1 unspecified atom stereocenters. The molecule has 0 bridgehead atoms. The molecule has 0 saturated carbocycles. The molecular weight excluding hydrogens is 551 g/mol. The molecule has 6 aromatic rings. The normalized spacial score (nSPS) is 15.6. The zero-order valence-corrected chi connectivity index (χ0v) is 24.6. The zero-order chi connectivity index (χ0) is 30.6. The topological polar surface area (TPSA) is 64.8 Å². The van der Waals surface area contributed by atoms with Crippen LogP contribution in [-0.2, 0) is 5.66 Å². The van der Waals surface area contributed by atoms with Crippen molar-refractivity contribution in [2.75, 3.05) is 0 Å². The van der Waals surface area contributed by atoms with Crippen LogP contribution in [0.5, 0.6) is 0 Å². The van der Waals surface area contributed by atoms with E-state index in [-0.39, 0.29) is 0 Å². The zero-order valence-electron chi connectivity index (χ0n) is 24.6. The minimum atomic E-state index is -1.48. The predicted octanol–water partition coefficient (Wildman–Crippen LogP) is 7.28. The lowest BCUT2D eigenvalue weighted by Gasteiger charge is -2.36. The summed E-state index contributed by atoms with van der Waals surface area (Å²) >= 11 is 0. The summed E-state index contributed by atoms with van der Waals surface area (Å²) in [6, 6.07) is 53.7. The first-order valence-electron chi connectivity index (χ1n) is 15.0. The van der Waals surface area contributed by atoms with Gasteiger partial charge in [0.15, 0.2) is 5.66 Å². The molecule has 0 saturated heterocycles. The van der Waals surface area contributed by atoms with E-state index in [1.165, 1.54) is 16.7 Å². The van der Waals surface area contributed by atoms with Crippen LogP contribution in [0.3, 0.4) is 0 Å². The molecule has 0 spiro atoms. The molecule has 1 heterocycles. The molecule has 3 N–H and O–H groups in total. The van der Waals surface area contributed by atoms with Crippen molar-refractivity contribution in [3.63, 3.8) is 0 Å². The lowest BCUT2D eigenvalue weighted by molar-refractivity contribution is 0.426. The summed E-state index contributed by atoms with van der Waals surface area (Å²) in [7, 11) is -1.48. The number of hydrogen-bond donors (Lipinski definition) is 3. The molecule has 1 atom stereocenters. The first-order chi connectivity index (χ1) is 22.1. The minimum Gasteiger partial charge on any atom is -0.423 e. The lowest BCUT2D eigenvalue weighted by Crippen LogP contribution is -2.42. The Balaban J connectivity index is 1.25. The van der Waals surface area contributed by atoms with E-state index < -0.39 is 12.8 Å². The Morgan fingerprint density at radius 2 is 0.822 bits per heavy atom. The van der Waals surface area contributed by atoms with Gasteiger partial charge in [-0.15, -0.1) is 0 Å². The van der Waals surface area contributed by atoms with Gasteiger partial charge in [-0.3, -0.25) is 4.99 Å². The molecule has 7 rings (SSSR count). The van der Waals surface area contributed by atoms with Gasteiger partial charge in [0, 0.05) is 23.0 Å². The summed E-state index contributed by atoms with van der Waals surface area (Å²) in [5, 5.41) is 22.8. The molecular formula is C40H31BN2O2. The van der Waals surface area contributed by atoms with Crippen LogP contribution in [0.1, 0.15) is 16.7 Å². The second-order valence-corrected chi connectivity index (χ2v) is 11.2. The van der Waals surface area contributed by atoms with Gasteiger partial charge in [0.2, 0.25) is 0 Å². The first kappa shape index (κ1) is 28.3. The van der Waals surface area contributed by atoms with Crippen molar-refractivity contribution in [2.45, 2.75) is 5.66 Å². The summed E-state index contributed by atoms with van der Waals surface area (Å²) in [6.45, 7) is 0. The molecule has 6 aromatic carbocycles. The second-order valence-electron chi connectivity index (χ2n) is 11.2. The van der Waals surface area contributed by atoms with Crippen LogP contribution in [0.15, 0.2) is 169 Å². The van der Waals surface area contributed by atoms with Crippen molar-refractivity contribution in [3.05, 3.63) is 180 Å². The number of nitrogens with zero attached hydrogens (tertiary/aromatic N) is 1. The third-order valence-corrected chi connectivity index (χ3v) is 8.38. The molecule has 216 valence electrons. The van der Waals surface area contributed by atoms with Crippen molar-refractivity contribution in [1.82, 2.24) is 5.32 Å². The fourth-order valence-corrected chi connectivity index (χ4v) is 5.88. The van der Waals surface area contributed by atoms with E-state index >= 15 is 0 Å². The second kappa shape index (κ2) is 12.3. The average Bonchev–Trinajstić information content (AvgIpc) is 3.12. The van der Waals surface area contributed by atoms with E-state index in [4.69, 9.17) is 4.99 Å². The first-order valence-corrected chi connectivity index (χ1v) is 15.0. The molecule has 5 heteroatoms. The lowest BCUT2D eigenvalue weighted by atomic mass is 9.80. The Morgan fingerprint density at radius 3 is 1.27 bits per heavy atom. The van der Waals surface area contributed by atoms with E-state index in [2.05, 4.69) is 127 Å². The van der Waals surface area contributed by atoms with Gasteiger partial charge < -0.3 is 15.4 Å².